The fourth-order valence-corrected chi connectivity index (χ4v) is 9.17. The first-order valence-corrected chi connectivity index (χ1v) is 16.6. The number of piperidine rings is 1. The highest BCUT2D eigenvalue weighted by molar-refractivity contribution is 6.42. The molecule has 2 heterocycles. The maximum atomic E-state index is 14.1. The van der Waals surface area contributed by atoms with Crippen molar-refractivity contribution in [2.45, 2.75) is 81.6 Å². The van der Waals surface area contributed by atoms with Crippen molar-refractivity contribution in [3.05, 3.63) is 93.0 Å². The van der Waals surface area contributed by atoms with Crippen LogP contribution in [-0.4, -0.2) is 69.3 Å². The molecule has 2 N–H and O–H groups in total. The van der Waals surface area contributed by atoms with E-state index in [9.17, 15) is 15.0 Å². The average molecular weight is 636 g/mol. The Morgan fingerprint density at radius 3 is 2.61 bits per heavy atom. The van der Waals surface area contributed by atoms with Gasteiger partial charge >= 0.3 is 0 Å². The van der Waals surface area contributed by atoms with E-state index < -0.39 is 17.1 Å². The highest BCUT2D eigenvalue weighted by Crippen LogP contribution is 2.65. The van der Waals surface area contributed by atoms with E-state index in [0.29, 0.717) is 48.0 Å². The van der Waals surface area contributed by atoms with E-state index in [1.165, 1.54) is 5.56 Å². The van der Waals surface area contributed by atoms with Crippen LogP contribution in [0.1, 0.15) is 55.4 Å². The van der Waals surface area contributed by atoms with E-state index in [1.807, 2.05) is 23.1 Å². The summed E-state index contributed by atoms with van der Waals surface area (Å²) in [5.41, 5.74) is 2.46. The Kier molecular flexibility index (Phi) is 7.64. The maximum absolute atomic E-state index is 14.1. The number of carbonyl (C=O) groups is 1. The van der Waals surface area contributed by atoms with Gasteiger partial charge < -0.3 is 19.8 Å². The summed E-state index contributed by atoms with van der Waals surface area (Å²) in [4.78, 5) is 18.6. The molecule has 6 nitrogen and oxygen atoms in total. The third-order valence-electron chi connectivity index (χ3n) is 10.7. The highest BCUT2D eigenvalue weighted by atomic mass is 35.5. The Balaban J connectivity index is 1.25. The molecule has 4 aliphatic rings. The van der Waals surface area contributed by atoms with Gasteiger partial charge in [0.15, 0.2) is 11.5 Å². The SMILES string of the molecule is CC(C)CN(C(=O)Cc1ccc(Cl)c(Cl)c1)[C@@H]1CC[C@@]2(O)[C@H]3Cc4ccc(O)c5c4[C@@]2(CCN3CCc2ccccc2)[C@H]1O5. The molecule has 0 aromatic heterocycles. The normalized spacial score (nSPS) is 28.5. The first kappa shape index (κ1) is 29.9. The quantitative estimate of drug-likeness (QED) is 0.309. The second kappa shape index (κ2) is 11.2. The minimum absolute atomic E-state index is 0.000543. The molecule has 1 amide bonds. The van der Waals surface area contributed by atoms with Crippen LogP contribution in [0, 0.1) is 5.92 Å². The van der Waals surface area contributed by atoms with Crippen molar-refractivity contribution in [2.24, 2.45) is 5.92 Å². The minimum Gasteiger partial charge on any atom is -0.504 e. The second-order valence-corrected chi connectivity index (χ2v) is 14.4. The first-order valence-electron chi connectivity index (χ1n) is 15.9. The predicted molar refractivity (Wildman–Crippen MR) is 173 cm³/mol. The van der Waals surface area contributed by atoms with Crippen molar-refractivity contribution in [2.75, 3.05) is 19.6 Å². The van der Waals surface area contributed by atoms with Crippen molar-refractivity contribution < 1.29 is 19.7 Å². The van der Waals surface area contributed by atoms with E-state index in [2.05, 4.69) is 43.0 Å². The van der Waals surface area contributed by atoms with Gasteiger partial charge in [0.05, 0.1) is 33.5 Å². The van der Waals surface area contributed by atoms with E-state index in [-0.39, 0.29) is 36.1 Å². The Bertz CT molecular complexity index is 1580. The molecule has 44 heavy (non-hydrogen) atoms. The van der Waals surface area contributed by atoms with Crippen LogP contribution in [-0.2, 0) is 29.5 Å². The van der Waals surface area contributed by atoms with Crippen molar-refractivity contribution in [3.63, 3.8) is 0 Å². The van der Waals surface area contributed by atoms with Crippen LogP contribution in [0.3, 0.4) is 0 Å². The number of benzene rings is 3. The zero-order chi connectivity index (χ0) is 30.8. The molecular weight excluding hydrogens is 595 g/mol. The number of hydrogen-bond acceptors (Lipinski definition) is 5. The van der Waals surface area contributed by atoms with Crippen molar-refractivity contribution >= 4 is 29.1 Å². The number of likely N-dealkylation sites (tertiary alicyclic amines) is 1. The summed E-state index contributed by atoms with van der Waals surface area (Å²) in [5.74, 6) is 0.838. The predicted octanol–water partition coefficient (Wildman–Crippen LogP) is 6.19. The van der Waals surface area contributed by atoms with Gasteiger partial charge in [-0.3, -0.25) is 9.69 Å². The monoisotopic (exact) mass is 634 g/mol. The molecule has 7 rings (SSSR count). The average Bonchev–Trinajstić information content (AvgIpc) is 3.35. The van der Waals surface area contributed by atoms with Gasteiger partial charge in [0.2, 0.25) is 5.91 Å². The molecule has 1 saturated heterocycles. The van der Waals surface area contributed by atoms with Crippen LogP contribution in [0.4, 0.5) is 0 Å². The lowest BCUT2D eigenvalue weighted by atomic mass is 9.48. The third-order valence-corrected chi connectivity index (χ3v) is 11.4. The van der Waals surface area contributed by atoms with Crippen molar-refractivity contribution in [1.82, 2.24) is 9.80 Å². The lowest BCUT2D eigenvalue weighted by Crippen LogP contribution is -2.78. The maximum Gasteiger partial charge on any atom is 0.227 e. The van der Waals surface area contributed by atoms with Crippen LogP contribution in [0.2, 0.25) is 10.0 Å². The number of nitrogens with zero attached hydrogens (tertiary/aromatic N) is 2. The molecule has 1 spiro atoms. The summed E-state index contributed by atoms with van der Waals surface area (Å²) in [6.07, 6.45) is 3.26. The summed E-state index contributed by atoms with van der Waals surface area (Å²) in [6, 6.07) is 19.3. The van der Waals surface area contributed by atoms with Crippen LogP contribution in [0.25, 0.3) is 0 Å². The fraction of sp³-hybridized carbons (Fsp3) is 0.472. The summed E-state index contributed by atoms with van der Waals surface area (Å²) in [6.45, 7) is 6.49. The zero-order valence-electron chi connectivity index (χ0n) is 25.3. The number of rotatable bonds is 8. The minimum atomic E-state index is -1.04. The zero-order valence-corrected chi connectivity index (χ0v) is 26.8. The number of aromatic hydroxyl groups is 1. The lowest BCUT2D eigenvalue weighted by molar-refractivity contribution is -0.201. The molecule has 1 saturated carbocycles. The standard InChI is InChI=1S/C36H40Cl2N2O4/c1-22(2)21-40(31(42)19-24-8-10-26(37)27(38)18-24)28-12-14-36(43)30-20-25-9-11-29(41)33-32(25)35(36,34(28)44-33)15-17-39(30)16-13-23-6-4-3-5-7-23/h3-11,18,22,28,30,34,41,43H,12-17,19-21H2,1-2H3/t28-,30-,34+,35+,36-/m1/s1. The summed E-state index contributed by atoms with van der Waals surface area (Å²) < 4.78 is 6.79. The largest absolute Gasteiger partial charge is 0.504 e. The first-order chi connectivity index (χ1) is 21.1. The van der Waals surface area contributed by atoms with Gasteiger partial charge in [-0.05, 0) is 79.5 Å². The second-order valence-electron chi connectivity index (χ2n) is 13.6. The molecule has 2 fully saturated rings. The number of phenolic OH excluding ortho intramolecular Hbond substituents is 1. The molecule has 2 bridgehead atoms. The molecule has 0 radical (unpaired) electrons. The molecule has 8 heteroatoms. The number of aliphatic hydroxyl groups is 1. The Morgan fingerprint density at radius 2 is 1.86 bits per heavy atom. The van der Waals surface area contributed by atoms with E-state index in [4.69, 9.17) is 27.9 Å². The van der Waals surface area contributed by atoms with E-state index >= 15 is 0 Å². The molecule has 3 aromatic rings. The molecule has 2 aliphatic heterocycles. The lowest BCUT2D eigenvalue weighted by Gasteiger charge is -2.65. The summed E-state index contributed by atoms with van der Waals surface area (Å²) >= 11 is 12.4. The number of amides is 1. The molecular formula is C36H40Cl2N2O4. The van der Waals surface area contributed by atoms with Crippen molar-refractivity contribution in [1.29, 1.82) is 0 Å². The van der Waals surface area contributed by atoms with Crippen molar-refractivity contribution in [3.8, 4) is 11.5 Å². The summed E-state index contributed by atoms with van der Waals surface area (Å²) in [7, 11) is 0. The Hall–Kier alpha value is -2.77. The molecule has 0 unspecified atom stereocenters. The number of hydrogen-bond donors (Lipinski definition) is 2. The van der Waals surface area contributed by atoms with Crippen LogP contribution < -0.4 is 4.74 Å². The third kappa shape index (κ3) is 4.63. The van der Waals surface area contributed by atoms with Gasteiger partial charge in [0.1, 0.15) is 6.10 Å². The van der Waals surface area contributed by atoms with E-state index in [0.717, 1.165) is 36.2 Å². The number of ether oxygens (including phenoxy) is 1. The Morgan fingerprint density at radius 1 is 1.07 bits per heavy atom. The van der Waals surface area contributed by atoms with Gasteiger partial charge in [-0.2, -0.15) is 0 Å². The van der Waals surface area contributed by atoms with Gasteiger partial charge in [-0.15, -0.1) is 0 Å². The highest BCUT2D eigenvalue weighted by Gasteiger charge is 2.73. The smallest absolute Gasteiger partial charge is 0.227 e. The van der Waals surface area contributed by atoms with Gasteiger partial charge in [-0.1, -0.05) is 79.5 Å². The van der Waals surface area contributed by atoms with Crippen LogP contribution in [0.15, 0.2) is 60.7 Å². The van der Waals surface area contributed by atoms with Gasteiger partial charge in [-0.25, -0.2) is 0 Å². The topological polar surface area (TPSA) is 73.2 Å². The summed E-state index contributed by atoms with van der Waals surface area (Å²) in [5, 5.41) is 24.9. The molecule has 232 valence electrons. The van der Waals surface area contributed by atoms with Gasteiger partial charge in [0.25, 0.3) is 0 Å². The Labute approximate surface area is 269 Å². The van der Waals surface area contributed by atoms with Gasteiger partial charge in [0, 0.05) is 24.7 Å². The fourth-order valence-electron chi connectivity index (χ4n) is 8.85. The number of carbonyl (C=O) groups excluding carboxylic acids is 1. The molecule has 5 atom stereocenters. The number of phenols is 1. The van der Waals surface area contributed by atoms with Crippen LogP contribution in [0.5, 0.6) is 11.5 Å². The van der Waals surface area contributed by atoms with Crippen LogP contribution >= 0.6 is 23.2 Å². The van der Waals surface area contributed by atoms with E-state index in [1.54, 1.807) is 18.2 Å². The molecule has 3 aromatic carbocycles. The molecule has 2 aliphatic carbocycles. The number of halogens is 2.